The van der Waals surface area contributed by atoms with Crippen LogP contribution in [-0.2, 0) is 14.4 Å². The largest absolute Gasteiger partial charge is 0.864 e. The molecule has 0 radical (unpaired) electrons. The molecule has 22 heteroatoms. The van der Waals surface area contributed by atoms with Crippen LogP contribution in [0.5, 0.6) is 17.2 Å². The SMILES string of the molecule is CN1CC[C@](O)(C#Cc2c(F)c(F)cc(OB(Oc3cc(F)c(F)c(C#C[C@@]4(O)CCN(C)C4=O)c3F)Oc3cc(F)c(F)c(C#C[C@@]4(O)CCN(C)C4=O)c3F)c2F)C1=O. The minimum absolute atomic E-state index is 0.0254. The average Bonchev–Trinajstić information content (AvgIpc) is 3.74. The Kier molecular flexibility index (Phi) is 11.7. The van der Waals surface area contributed by atoms with Crippen molar-refractivity contribution in [3.05, 3.63) is 87.2 Å². The molecule has 3 heterocycles. The van der Waals surface area contributed by atoms with E-state index in [1.54, 1.807) is 17.8 Å². The van der Waals surface area contributed by atoms with Crippen molar-refractivity contribution in [2.24, 2.45) is 0 Å². The van der Waals surface area contributed by atoms with Gasteiger partial charge in [-0.15, -0.1) is 0 Å². The minimum Gasteiger partial charge on any atom is -0.487 e. The van der Waals surface area contributed by atoms with Gasteiger partial charge in [0.25, 0.3) is 17.7 Å². The van der Waals surface area contributed by atoms with Crippen LogP contribution in [-0.4, -0.2) is 113 Å². The van der Waals surface area contributed by atoms with Crippen LogP contribution in [0.1, 0.15) is 36.0 Å². The van der Waals surface area contributed by atoms with Gasteiger partial charge in [0.05, 0.1) is 0 Å². The fourth-order valence-electron chi connectivity index (χ4n) is 6.12. The third-order valence-corrected chi connectivity index (χ3v) is 9.75. The third kappa shape index (κ3) is 8.19. The summed E-state index contributed by atoms with van der Waals surface area (Å²) >= 11 is 0. The van der Waals surface area contributed by atoms with Crippen molar-refractivity contribution in [3.63, 3.8) is 0 Å². The molecule has 0 saturated carbocycles. The lowest BCUT2D eigenvalue weighted by Crippen LogP contribution is -2.38. The monoisotopic (exact) mass is 863 g/mol. The average molecular weight is 863 g/mol. The van der Waals surface area contributed by atoms with Crippen molar-refractivity contribution < 1.29 is 83.2 Å². The Balaban J connectivity index is 1.45. The van der Waals surface area contributed by atoms with E-state index in [1.807, 2.05) is 17.8 Å². The molecule has 3 amide bonds. The maximum Gasteiger partial charge on any atom is 0.864 e. The molecule has 3 aliphatic rings. The lowest BCUT2D eigenvalue weighted by atomic mass is 10.0. The van der Waals surface area contributed by atoms with E-state index < -0.39 is 128 Å². The number of carbonyl (C=O) groups excluding carboxylic acids is 3. The molecule has 3 fully saturated rings. The molecule has 6 rings (SSSR count). The van der Waals surface area contributed by atoms with Gasteiger partial charge < -0.3 is 44.0 Å². The van der Waals surface area contributed by atoms with E-state index in [2.05, 4.69) is 0 Å². The number of rotatable bonds is 6. The second-order valence-electron chi connectivity index (χ2n) is 14.0. The van der Waals surface area contributed by atoms with E-state index in [4.69, 9.17) is 14.0 Å². The molecule has 318 valence electrons. The molecular weight excluding hydrogens is 836 g/mol. The number of hydrogen-bond donors (Lipinski definition) is 3. The number of likely N-dealkylation sites (N-methyl/N-ethyl adjacent to an activating group) is 3. The van der Waals surface area contributed by atoms with Crippen molar-refractivity contribution in [1.29, 1.82) is 0 Å². The van der Waals surface area contributed by atoms with Crippen LogP contribution < -0.4 is 14.0 Å². The molecule has 12 nitrogen and oxygen atoms in total. The van der Waals surface area contributed by atoms with Crippen molar-refractivity contribution in [1.82, 2.24) is 14.7 Å². The second kappa shape index (κ2) is 16.1. The number of amides is 3. The maximum atomic E-state index is 15.9. The van der Waals surface area contributed by atoms with Gasteiger partial charge in [-0.2, -0.15) is 0 Å². The molecule has 0 aliphatic carbocycles. The van der Waals surface area contributed by atoms with Gasteiger partial charge in [-0.1, -0.05) is 35.5 Å². The van der Waals surface area contributed by atoms with Crippen molar-refractivity contribution >= 4 is 25.0 Å². The van der Waals surface area contributed by atoms with Gasteiger partial charge in [-0.25, -0.2) is 39.5 Å². The Bertz CT molecular complexity index is 2330. The van der Waals surface area contributed by atoms with Crippen LogP contribution in [0.4, 0.5) is 39.5 Å². The summed E-state index contributed by atoms with van der Waals surface area (Å²) in [4.78, 5) is 40.2. The summed E-state index contributed by atoms with van der Waals surface area (Å²) in [6.07, 6.45) is -1.00. The maximum absolute atomic E-state index is 15.9. The number of carbonyl (C=O) groups is 3. The Morgan fingerprint density at radius 2 is 0.738 bits per heavy atom. The Labute approximate surface area is 339 Å². The molecule has 0 aromatic heterocycles. The number of benzene rings is 3. The highest BCUT2D eigenvalue weighted by Gasteiger charge is 2.45. The van der Waals surface area contributed by atoms with Gasteiger partial charge in [-0.3, -0.25) is 14.4 Å². The zero-order valence-corrected chi connectivity index (χ0v) is 31.6. The standard InChI is InChI=1S/C39H27BF9N3O9/c1-50-13-10-37(56,34(50)53)7-4-19-28(44)22(41)16-25(31(19)47)59-40(60-26-17-23(42)29(45)20(32(26)48)5-8-38(57)11-14-51(2)35(38)54)61-27-18-24(43)30(46)21(33(27)49)6-9-39(58)12-15-52(3)36(39)55/h16-18,56-58H,10-15H2,1-3H3/t37-,38-,39-/m1/s1. The number of halogens is 9. The van der Waals surface area contributed by atoms with Crippen LogP contribution in [0.25, 0.3) is 0 Å². The predicted molar refractivity (Wildman–Crippen MR) is 189 cm³/mol. The number of hydrogen-bond acceptors (Lipinski definition) is 9. The molecule has 3 aromatic rings. The summed E-state index contributed by atoms with van der Waals surface area (Å²) in [5.74, 6) is -13.8. The molecule has 0 unspecified atom stereocenters. The van der Waals surface area contributed by atoms with E-state index >= 15 is 13.2 Å². The van der Waals surface area contributed by atoms with Gasteiger partial charge in [0.1, 0.15) is 33.9 Å². The Hall–Kier alpha value is -6.54. The first-order valence-electron chi connectivity index (χ1n) is 17.6. The molecule has 61 heavy (non-hydrogen) atoms. The highest BCUT2D eigenvalue weighted by atomic mass is 19.2. The molecule has 3 atom stereocenters. The van der Waals surface area contributed by atoms with E-state index in [9.17, 15) is 56.0 Å². The van der Waals surface area contributed by atoms with Gasteiger partial charge in [-0.05, 0) is 0 Å². The number of nitrogens with zero attached hydrogens (tertiary/aromatic N) is 3. The first kappa shape index (κ1) is 44.0. The summed E-state index contributed by atoms with van der Waals surface area (Å²) in [5.41, 5.74) is -11.9. The predicted octanol–water partition coefficient (Wildman–Crippen LogP) is 2.29. The summed E-state index contributed by atoms with van der Waals surface area (Å²) in [6, 6.07) is -0.0761. The molecule has 3 N–H and O–H groups in total. The third-order valence-electron chi connectivity index (χ3n) is 9.75. The summed E-state index contributed by atoms with van der Waals surface area (Å²) < 4.78 is 153. The quantitative estimate of drug-likeness (QED) is 0.147. The highest BCUT2D eigenvalue weighted by Crippen LogP contribution is 2.33. The van der Waals surface area contributed by atoms with Crippen LogP contribution in [0.3, 0.4) is 0 Å². The van der Waals surface area contributed by atoms with Crippen molar-refractivity contribution in [3.8, 4) is 52.8 Å². The minimum atomic E-state index is -3.03. The lowest BCUT2D eigenvalue weighted by Gasteiger charge is -2.19. The first-order chi connectivity index (χ1) is 28.5. The Morgan fingerprint density at radius 1 is 0.492 bits per heavy atom. The number of likely N-dealkylation sites (tertiary alicyclic amines) is 3. The van der Waals surface area contributed by atoms with Crippen LogP contribution >= 0.6 is 0 Å². The number of aliphatic hydroxyl groups is 3. The summed E-state index contributed by atoms with van der Waals surface area (Å²) in [5, 5.41) is 31.8. The van der Waals surface area contributed by atoms with Gasteiger partial charge in [0.2, 0.25) is 16.8 Å². The zero-order valence-electron chi connectivity index (χ0n) is 31.6. The molecule has 3 aliphatic heterocycles. The van der Waals surface area contributed by atoms with E-state index in [-0.39, 0.29) is 57.1 Å². The molecule has 0 spiro atoms. The van der Waals surface area contributed by atoms with E-state index in [1.165, 1.54) is 21.1 Å². The fourth-order valence-corrected chi connectivity index (χ4v) is 6.12. The first-order valence-corrected chi connectivity index (χ1v) is 17.6. The van der Waals surface area contributed by atoms with Gasteiger partial charge >= 0.3 is 7.32 Å². The van der Waals surface area contributed by atoms with Crippen LogP contribution in [0.15, 0.2) is 18.2 Å². The zero-order chi connectivity index (χ0) is 44.9. The van der Waals surface area contributed by atoms with Crippen molar-refractivity contribution in [2.45, 2.75) is 36.1 Å². The highest BCUT2D eigenvalue weighted by molar-refractivity contribution is 6.39. The topological polar surface area (TPSA) is 149 Å². The smallest absolute Gasteiger partial charge is 0.487 e. The van der Waals surface area contributed by atoms with Gasteiger partial charge in [0.15, 0.2) is 52.4 Å². The fraction of sp³-hybridized carbons (Fsp3) is 0.308. The normalized spacial score (nSPS) is 22.1. The van der Waals surface area contributed by atoms with E-state index in [0.29, 0.717) is 0 Å². The summed E-state index contributed by atoms with van der Waals surface area (Å²) in [7, 11) is 0.819. The summed E-state index contributed by atoms with van der Waals surface area (Å²) in [6.45, 7) is -0.0917. The Morgan fingerprint density at radius 3 is 0.951 bits per heavy atom. The van der Waals surface area contributed by atoms with Crippen LogP contribution in [0.2, 0.25) is 0 Å². The molecule has 3 aromatic carbocycles. The van der Waals surface area contributed by atoms with Crippen LogP contribution in [0, 0.1) is 87.9 Å². The van der Waals surface area contributed by atoms with Gasteiger partial charge in [0, 0.05) is 78.2 Å². The second-order valence-corrected chi connectivity index (χ2v) is 14.0. The van der Waals surface area contributed by atoms with Crippen molar-refractivity contribution in [2.75, 3.05) is 40.8 Å². The molecule has 3 saturated heterocycles. The van der Waals surface area contributed by atoms with E-state index in [0.717, 1.165) is 14.7 Å². The lowest BCUT2D eigenvalue weighted by molar-refractivity contribution is -0.138. The molecule has 0 bridgehead atoms. The molecular formula is C39H27BF9N3O9.